The Bertz CT molecular complexity index is 1040. The summed E-state index contributed by atoms with van der Waals surface area (Å²) in [4.78, 5) is 42.0. The zero-order valence-electron chi connectivity index (χ0n) is 20.9. The van der Waals surface area contributed by atoms with E-state index in [2.05, 4.69) is 21.7 Å². The largest absolute Gasteiger partial charge is 0.450 e. The van der Waals surface area contributed by atoms with E-state index >= 15 is 0 Å². The van der Waals surface area contributed by atoms with E-state index in [1.54, 1.807) is 16.7 Å². The number of hydrogen-bond donors (Lipinski definition) is 0. The summed E-state index contributed by atoms with van der Waals surface area (Å²) in [6, 6.07) is 9.47. The van der Waals surface area contributed by atoms with Gasteiger partial charge in [0.2, 0.25) is 0 Å². The Hall–Kier alpha value is -2.56. The van der Waals surface area contributed by atoms with Crippen molar-refractivity contribution in [3.8, 4) is 0 Å². The summed E-state index contributed by atoms with van der Waals surface area (Å²) >= 11 is 7.84. The number of thioether (sulfide) groups is 1. The Balaban J connectivity index is 1.30. The number of carbonyl (C=O) groups is 2. The van der Waals surface area contributed by atoms with Crippen molar-refractivity contribution in [2.24, 2.45) is 0 Å². The fourth-order valence-electron chi connectivity index (χ4n) is 4.29. The lowest BCUT2D eigenvalue weighted by atomic mass is 10.1. The van der Waals surface area contributed by atoms with Crippen LogP contribution in [0.4, 0.5) is 10.6 Å². The zero-order chi connectivity index (χ0) is 25.5. The molecule has 0 bridgehead atoms. The van der Waals surface area contributed by atoms with Gasteiger partial charge < -0.3 is 24.3 Å². The molecule has 0 aliphatic carbocycles. The van der Waals surface area contributed by atoms with Crippen molar-refractivity contribution < 1.29 is 14.3 Å². The molecule has 9 nitrogen and oxygen atoms in total. The Morgan fingerprint density at radius 1 is 0.944 bits per heavy atom. The Morgan fingerprint density at radius 3 is 2.25 bits per heavy atom. The van der Waals surface area contributed by atoms with Crippen LogP contribution in [0.25, 0.3) is 0 Å². The van der Waals surface area contributed by atoms with Crippen molar-refractivity contribution in [3.63, 3.8) is 0 Å². The van der Waals surface area contributed by atoms with Gasteiger partial charge in [0.15, 0.2) is 5.16 Å². The summed E-state index contributed by atoms with van der Waals surface area (Å²) in [5.41, 5.74) is 1.71. The number of likely N-dealkylation sites (N-methyl/N-ethyl adjacent to an activating group) is 1. The highest BCUT2D eigenvalue weighted by Crippen LogP contribution is 2.25. The second-order valence-corrected chi connectivity index (χ2v) is 10.0. The van der Waals surface area contributed by atoms with Crippen LogP contribution >= 0.6 is 23.4 Å². The first kappa shape index (κ1) is 26.5. The van der Waals surface area contributed by atoms with E-state index in [0.29, 0.717) is 54.4 Å². The summed E-state index contributed by atoms with van der Waals surface area (Å²) < 4.78 is 5.04. The number of aromatic nitrogens is 2. The number of rotatable bonds is 7. The van der Waals surface area contributed by atoms with E-state index in [1.807, 2.05) is 30.3 Å². The highest BCUT2D eigenvalue weighted by molar-refractivity contribution is 7.98. The fourth-order valence-corrected chi connectivity index (χ4v) is 5.32. The fraction of sp³-hybridized carbons (Fsp3) is 0.520. The molecule has 1 aromatic carbocycles. The first-order valence-electron chi connectivity index (χ1n) is 12.4. The normalized spacial score (nSPS) is 16.8. The van der Waals surface area contributed by atoms with Gasteiger partial charge in [-0.25, -0.2) is 14.8 Å². The van der Waals surface area contributed by atoms with E-state index in [9.17, 15) is 9.59 Å². The first-order chi connectivity index (χ1) is 17.5. The molecular formula is C25H33ClN6O3S. The van der Waals surface area contributed by atoms with Crippen LogP contribution in [0.5, 0.6) is 0 Å². The van der Waals surface area contributed by atoms with Gasteiger partial charge in [-0.1, -0.05) is 42.4 Å². The number of nitrogens with zero attached hydrogens (tertiary/aromatic N) is 6. The number of carbonyl (C=O) groups excluding carboxylic acids is 2. The van der Waals surface area contributed by atoms with Gasteiger partial charge in [0.25, 0.3) is 5.91 Å². The van der Waals surface area contributed by atoms with E-state index in [1.165, 1.54) is 11.8 Å². The van der Waals surface area contributed by atoms with Crippen LogP contribution in [-0.2, 0) is 10.5 Å². The molecule has 36 heavy (non-hydrogen) atoms. The van der Waals surface area contributed by atoms with Gasteiger partial charge >= 0.3 is 6.09 Å². The average molecular weight is 533 g/mol. The number of ether oxygens (including phenoxy) is 1. The third-order valence-corrected chi connectivity index (χ3v) is 7.58. The van der Waals surface area contributed by atoms with Crippen molar-refractivity contribution in [1.29, 1.82) is 0 Å². The highest BCUT2D eigenvalue weighted by Gasteiger charge is 2.25. The minimum atomic E-state index is -0.318. The summed E-state index contributed by atoms with van der Waals surface area (Å²) in [5.74, 6) is 1.52. The lowest BCUT2D eigenvalue weighted by molar-refractivity contribution is 0.0570. The maximum Gasteiger partial charge on any atom is 0.409 e. The average Bonchev–Trinajstić information content (AvgIpc) is 2.92. The molecule has 2 aliphatic rings. The SMILES string of the molecule is CCOC(=O)N1CCN(C(=O)c2ccc(CSc3nc(Cl)cc(N4CCN(CC)CC4)n3)cc2)CC1. The maximum absolute atomic E-state index is 12.9. The number of amides is 2. The topological polar surface area (TPSA) is 82.1 Å². The number of piperazine rings is 2. The number of anilines is 1. The predicted molar refractivity (Wildman–Crippen MR) is 142 cm³/mol. The predicted octanol–water partition coefficient (Wildman–Crippen LogP) is 3.48. The molecule has 0 atom stereocenters. The third kappa shape index (κ3) is 6.80. The van der Waals surface area contributed by atoms with Crippen molar-refractivity contribution in [2.45, 2.75) is 24.8 Å². The van der Waals surface area contributed by atoms with E-state index in [4.69, 9.17) is 21.3 Å². The van der Waals surface area contributed by atoms with Crippen LogP contribution < -0.4 is 4.90 Å². The monoisotopic (exact) mass is 532 g/mol. The van der Waals surface area contributed by atoms with E-state index in [-0.39, 0.29) is 12.0 Å². The Kier molecular flexibility index (Phi) is 9.28. The van der Waals surface area contributed by atoms with Gasteiger partial charge in [-0.15, -0.1) is 0 Å². The molecule has 3 heterocycles. The Morgan fingerprint density at radius 2 is 1.61 bits per heavy atom. The minimum absolute atomic E-state index is 0.0244. The van der Waals surface area contributed by atoms with Crippen LogP contribution in [0.3, 0.4) is 0 Å². The van der Waals surface area contributed by atoms with Crippen molar-refractivity contribution in [2.75, 3.05) is 70.4 Å². The molecule has 2 aromatic rings. The molecule has 0 saturated carbocycles. The van der Waals surface area contributed by atoms with Gasteiger partial charge in [0.1, 0.15) is 11.0 Å². The van der Waals surface area contributed by atoms with Gasteiger partial charge in [-0.05, 0) is 31.2 Å². The molecule has 11 heteroatoms. The third-order valence-electron chi connectivity index (χ3n) is 6.47. The smallest absolute Gasteiger partial charge is 0.409 e. The molecule has 194 valence electrons. The standard InChI is InChI=1S/C25H33ClN6O3S/c1-3-29-9-11-30(12-10-29)22-17-21(26)27-24(28-22)36-18-19-5-7-20(8-6-19)23(33)31-13-15-32(16-14-31)25(34)35-4-2/h5-8,17H,3-4,9-16,18H2,1-2H3. The van der Waals surface area contributed by atoms with Crippen LogP contribution in [0.2, 0.25) is 5.15 Å². The van der Waals surface area contributed by atoms with Crippen LogP contribution in [0.15, 0.2) is 35.5 Å². The lowest BCUT2D eigenvalue weighted by Gasteiger charge is -2.34. The highest BCUT2D eigenvalue weighted by atomic mass is 35.5. The van der Waals surface area contributed by atoms with Gasteiger partial charge in [0, 0.05) is 69.7 Å². The molecule has 4 rings (SSSR count). The minimum Gasteiger partial charge on any atom is -0.450 e. The van der Waals surface area contributed by atoms with Gasteiger partial charge in [0.05, 0.1) is 6.61 Å². The molecule has 0 N–H and O–H groups in total. The molecule has 2 amide bonds. The molecule has 0 spiro atoms. The summed E-state index contributed by atoms with van der Waals surface area (Å²) in [5, 5.41) is 1.10. The quantitative estimate of drug-likeness (QED) is 0.304. The van der Waals surface area contributed by atoms with Crippen molar-refractivity contribution >= 4 is 41.2 Å². The molecule has 2 aliphatic heterocycles. The molecule has 1 aromatic heterocycles. The second kappa shape index (κ2) is 12.6. The van der Waals surface area contributed by atoms with E-state index in [0.717, 1.165) is 44.1 Å². The van der Waals surface area contributed by atoms with Crippen LogP contribution in [0, 0.1) is 0 Å². The lowest BCUT2D eigenvalue weighted by Crippen LogP contribution is -2.50. The maximum atomic E-state index is 12.9. The summed E-state index contributed by atoms with van der Waals surface area (Å²) in [7, 11) is 0. The zero-order valence-corrected chi connectivity index (χ0v) is 22.4. The molecular weight excluding hydrogens is 500 g/mol. The number of halogens is 1. The number of benzene rings is 1. The van der Waals surface area contributed by atoms with Crippen molar-refractivity contribution in [3.05, 3.63) is 46.6 Å². The van der Waals surface area contributed by atoms with Crippen LogP contribution in [-0.4, -0.2) is 102 Å². The first-order valence-corrected chi connectivity index (χ1v) is 13.8. The van der Waals surface area contributed by atoms with Gasteiger partial charge in [-0.2, -0.15) is 0 Å². The summed E-state index contributed by atoms with van der Waals surface area (Å²) in [6.07, 6.45) is -0.318. The van der Waals surface area contributed by atoms with Crippen molar-refractivity contribution in [1.82, 2.24) is 24.7 Å². The second-order valence-electron chi connectivity index (χ2n) is 8.72. The van der Waals surface area contributed by atoms with E-state index < -0.39 is 0 Å². The summed E-state index contributed by atoms with van der Waals surface area (Å²) in [6.45, 7) is 11.2. The van der Waals surface area contributed by atoms with Crippen LogP contribution in [0.1, 0.15) is 29.8 Å². The molecule has 2 fully saturated rings. The Labute approximate surface area is 221 Å². The number of hydrogen-bond acceptors (Lipinski definition) is 8. The van der Waals surface area contributed by atoms with Gasteiger partial charge in [-0.3, -0.25) is 4.79 Å². The molecule has 2 saturated heterocycles. The molecule has 0 radical (unpaired) electrons. The molecule has 0 unspecified atom stereocenters.